The minimum atomic E-state index is -0.772. The lowest BCUT2D eigenvalue weighted by Crippen LogP contribution is -2.41. The number of thioether (sulfide) groups is 1. The van der Waals surface area contributed by atoms with Crippen LogP contribution in [0.1, 0.15) is 37.7 Å². The van der Waals surface area contributed by atoms with E-state index in [2.05, 4.69) is 11.9 Å². The Kier molecular flexibility index (Phi) is 6.28. The van der Waals surface area contributed by atoms with Crippen LogP contribution in [-0.4, -0.2) is 22.7 Å². The maximum absolute atomic E-state index is 12.5. The number of hydrogen-bond acceptors (Lipinski definition) is 3. The lowest BCUT2D eigenvalue weighted by Gasteiger charge is -2.39. The summed E-state index contributed by atoms with van der Waals surface area (Å²) in [5.74, 6) is 0.647. The van der Waals surface area contributed by atoms with Crippen molar-refractivity contribution in [3.8, 4) is 0 Å². The SMILES string of the molecule is C=CCC1(C(=O)Nc2cccc(CSCCC(=O)O)c2)CCC1. The molecule has 5 heteroatoms. The summed E-state index contributed by atoms with van der Waals surface area (Å²) >= 11 is 1.58. The zero-order valence-corrected chi connectivity index (χ0v) is 14.0. The monoisotopic (exact) mass is 333 g/mol. The van der Waals surface area contributed by atoms with Crippen LogP contribution in [-0.2, 0) is 15.3 Å². The summed E-state index contributed by atoms with van der Waals surface area (Å²) in [5, 5.41) is 11.7. The van der Waals surface area contributed by atoms with Gasteiger partial charge in [-0.15, -0.1) is 6.58 Å². The predicted octanol–water partition coefficient (Wildman–Crippen LogP) is 4.08. The van der Waals surface area contributed by atoms with Gasteiger partial charge in [0.15, 0.2) is 0 Å². The average Bonchev–Trinajstić information content (AvgIpc) is 2.47. The van der Waals surface area contributed by atoms with Gasteiger partial charge in [0.25, 0.3) is 0 Å². The van der Waals surface area contributed by atoms with Gasteiger partial charge in [-0.05, 0) is 37.0 Å². The van der Waals surface area contributed by atoms with Gasteiger partial charge >= 0.3 is 5.97 Å². The molecule has 2 N–H and O–H groups in total. The Balaban J connectivity index is 1.90. The summed E-state index contributed by atoms with van der Waals surface area (Å²) in [6.45, 7) is 3.76. The number of carbonyl (C=O) groups excluding carboxylic acids is 1. The Labute approximate surface area is 141 Å². The van der Waals surface area contributed by atoms with Gasteiger partial charge in [0.1, 0.15) is 0 Å². The highest BCUT2D eigenvalue weighted by Crippen LogP contribution is 2.45. The molecule has 0 radical (unpaired) electrons. The highest BCUT2D eigenvalue weighted by molar-refractivity contribution is 7.98. The van der Waals surface area contributed by atoms with E-state index in [1.54, 1.807) is 11.8 Å². The third-order valence-corrected chi connectivity index (χ3v) is 5.27. The first-order chi connectivity index (χ1) is 11.1. The molecule has 0 bridgehead atoms. The lowest BCUT2D eigenvalue weighted by atomic mass is 9.66. The summed E-state index contributed by atoms with van der Waals surface area (Å²) < 4.78 is 0. The van der Waals surface area contributed by atoms with Gasteiger partial charge in [-0.25, -0.2) is 0 Å². The molecule has 1 aliphatic rings. The van der Waals surface area contributed by atoms with Crippen LogP contribution in [0.4, 0.5) is 5.69 Å². The summed E-state index contributed by atoms with van der Waals surface area (Å²) in [6, 6.07) is 7.77. The van der Waals surface area contributed by atoms with Crippen molar-refractivity contribution < 1.29 is 14.7 Å². The molecule has 2 rings (SSSR count). The van der Waals surface area contributed by atoms with Crippen LogP contribution in [0.2, 0.25) is 0 Å². The van der Waals surface area contributed by atoms with Crippen molar-refractivity contribution in [3.05, 3.63) is 42.5 Å². The van der Waals surface area contributed by atoms with Gasteiger partial charge in [-0.2, -0.15) is 11.8 Å². The molecule has 0 aromatic heterocycles. The molecule has 1 aromatic rings. The molecule has 4 nitrogen and oxygen atoms in total. The van der Waals surface area contributed by atoms with Gasteiger partial charge in [-0.1, -0.05) is 24.6 Å². The molecule has 1 aromatic carbocycles. The van der Waals surface area contributed by atoms with E-state index in [4.69, 9.17) is 5.11 Å². The van der Waals surface area contributed by atoms with Crippen LogP contribution in [0.5, 0.6) is 0 Å². The summed E-state index contributed by atoms with van der Waals surface area (Å²) in [5.41, 5.74) is 1.62. The fourth-order valence-electron chi connectivity index (χ4n) is 2.76. The first kappa shape index (κ1) is 17.6. The van der Waals surface area contributed by atoms with Crippen LogP contribution in [0.25, 0.3) is 0 Å². The number of carbonyl (C=O) groups is 2. The molecule has 0 heterocycles. The standard InChI is InChI=1S/C18H23NO3S/c1-2-8-18(9-4-10-18)17(22)19-15-6-3-5-14(12-15)13-23-11-7-16(20)21/h2-3,5-6,12H,1,4,7-11,13H2,(H,19,22)(H,20,21). The average molecular weight is 333 g/mol. The number of benzene rings is 1. The maximum Gasteiger partial charge on any atom is 0.304 e. The van der Waals surface area contributed by atoms with E-state index in [1.807, 2.05) is 30.3 Å². The molecule has 1 aliphatic carbocycles. The van der Waals surface area contributed by atoms with Crippen molar-refractivity contribution in [2.24, 2.45) is 5.41 Å². The second-order valence-corrected chi connectivity index (χ2v) is 7.08. The number of aliphatic carboxylic acids is 1. The normalized spacial score (nSPS) is 15.5. The summed E-state index contributed by atoms with van der Waals surface area (Å²) in [7, 11) is 0. The fourth-order valence-corrected chi connectivity index (χ4v) is 3.63. The first-order valence-corrected chi connectivity index (χ1v) is 9.02. The van der Waals surface area contributed by atoms with Crippen LogP contribution in [0.3, 0.4) is 0 Å². The van der Waals surface area contributed by atoms with Crippen LogP contribution in [0, 0.1) is 5.41 Å². The number of anilines is 1. The molecule has 0 aliphatic heterocycles. The number of nitrogens with one attached hydrogen (secondary N) is 1. The maximum atomic E-state index is 12.5. The molecule has 0 spiro atoms. The van der Waals surface area contributed by atoms with Crippen molar-refractivity contribution in [2.45, 2.75) is 37.9 Å². The molecule has 124 valence electrons. The zero-order chi connectivity index (χ0) is 16.7. The Hall–Kier alpha value is -1.75. The highest BCUT2D eigenvalue weighted by Gasteiger charge is 2.42. The van der Waals surface area contributed by atoms with Crippen LogP contribution < -0.4 is 5.32 Å². The third kappa shape index (κ3) is 4.86. The molecular weight excluding hydrogens is 310 g/mol. The Morgan fingerprint density at radius 1 is 1.39 bits per heavy atom. The first-order valence-electron chi connectivity index (χ1n) is 7.86. The number of rotatable bonds is 9. The number of amides is 1. The smallest absolute Gasteiger partial charge is 0.304 e. The van der Waals surface area contributed by atoms with Crippen molar-refractivity contribution >= 4 is 29.3 Å². The summed E-state index contributed by atoms with van der Waals surface area (Å²) in [6.07, 6.45) is 5.68. The van der Waals surface area contributed by atoms with Crippen molar-refractivity contribution in [2.75, 3.05) is 11.1 Å². The van der Waals surface area contributed by atoms with Gasteiger partial charge < -0.3 is 10.4 Å². The molecular formula is C18H23NO3S. The molecule has 0 unspecified atom stereocenters. The minimum absolute atomic E-state index is 0.0827. The fraction of sp³-hybridized carbons (Fsp3) is 0.444. The highest BCUT2D eigenvalue weighted by atomic mass is 32.2. The van der Waals surface area contributed by atoms with Crippen LogP contribution >= 0.6 is 11.8 Å². The third-order valence-electron chi connectivity index (χ3n) is 4.24. The molecule has 0 saturated heterocycles. The molecule has 23 heavy (non-hydrogen) atoms. The second kappa shape index (κ2) is 8.20. The van der Waals surface area contributed by atoms with Crippen molar-refractivity contribution in [1.29, 1.82) is 0 Å². The quantitative estimate of drug-likeness (QED) is 0.528. The summed E-state index contributed by atoms with van der Waals surface area (Å²) in [4.78, 5) is 23.0. The van der Waals surface area contributed by atoms with Crippen molar-refractivity contribution in [1.82, 2.24) is 0 Å². The Bertz CT molecular complexity index is 581. The predicted molar refractivity (Wildman–Crippen MR) is 94.6 cm³/mol. The van der Waals surface area contributed by atoms with E-state index >= 15 is 0 Å². The van der Waals surface area contributed by atoms with Gasteiger partial charge in [0, 0.05) is 17.2 Å². The number of carboxylic acid groups (broad SMARTS) is 1. The van der Waals surface area contributed by atoms with E-state index < -0.39 is 5.97 Å². The lowest BCUT2D eigenvalue weighted by molar-refractivity contribution is -0.136. The van der Waals surface area contributed by atoms with E-state index in [1.165, 1.54) is 0 Å². The van der Waals surface area contributed by atoms with E-state index in [0.717, 1.165) is 42.7 Å². The van der Waals surface area contributed by atoms with Crippen molar-refractivity contribution in [3.63, 3.8) is 0 Å². The van der Waals surface area contributed by atoms with E-state index in [0.29, 0.717) is 5.75 Å². The number of hydrogen-bond donors (Lipinski definition) is 2. The van der Waals surface area contributed by atoms with Gasteiger partial charge in [0.2, 0.25) is 5.91 Å². The minimum Gasteiger partial charge on any atom is -0.481 e. The number of carboxylic acids is 1. The second-order valence-electron chi connectivity index (χ2n) is 5.98. The van der Waals surface area contributed by atoms with E-state index in [9.17, 15) is 9.59 Å². The Morgan fingerprint density at radius 3 is 2.78 bits per heavy atom. The molecule has 0 atom stereocenters. The topological polar surface area (TPSA) is 66.4 Å². The van der Waals surface area contributed by atoms with Gasteiger partial charge in [-0.3, -0.25) is 9.59 Å². The van der Waals surface area contributed by atoms with Crippen LogP contribution in [0.15, 0.2) is 36.9 Å². The Morgan fingerprint density at radius 2 is 2.17 bits per heavy atom. The molecule has 1 amide bonds. The molecule has 1 fully saturated rings. The van der Waals surface area contributed by atoms with E-state index in [-0.39, 0.29) is 17.7 Å². The number of allylic oxidation sites excluding steroid dienone is 1. The zero-order valence-electron chi connectivity index (χ0n) is 13.2. The van der Waals surface area contributed by atoms with Gasteiger partial charge in [0.05, 0.1) is 11.8 Å². The largest absolute Gasteiger partial charge is 0.481 e. The molecule has 1 saturated carbocycles.